The van der Waals surface area contributed by atoms with Crippen molar-refractivity contribution < 1.29 is 20.4 Å². The van der Waals surface area contributed by atoms with Gasteiger partial charge in [-0.25, -0.2) is 0 Å². The van der Waals surface area contributed by atoms with Crippen LogP contribution < -0.4 is 5.31 Å². The van der Waals surface area contributed by atoms with Gasteiger partial charge in [0.2, 0.25) is 0 Å². The SMILES string of the molecule is [2H]N(CP)C1[C@H](OCC(C)N=[N+]=[N-])OC(COC(C)=O)[C@@H](C)[C@@H]1C. The van der Waals surface area contributed by atoms with E-state index in [9.17, 15) is 4.79 Å². The Hall–Kier alpha value is -0.910. The summed E-state index contributed by atoms with van der Waals surface area (Å²) in [6.07, 6.45) is -0.519. The van der Waals surface area contributed by atoms with Gasteiger partial charge in [-0.3, -0.25) is 4.79 Å². The van der Waals surface area contributed by atoms with Crippen LogP contribution >= 0.6 is 9.24 Å². The minimum Gasteiger partial charge on any atom is -0.463 e. The molecule has 0 bridgehead atoms. The van der Waals surface area contributed by atoms with E-state index in [0.29, 0.717) is 6.29 Å². The third-order valence-corrected chi connectivity index (χ3v) is 4.27. The molecule has 0 aromatic carbocycles. The largest absolute Gasteiger partial charge is 0.463 e. The summed E-state index contributed by atoms with van der Waals surface area (Å²) in [6, 6.07) is -0.611. The molecule has 1 aliphatic rings. The molecule has 1 aliphatic heterocycles. The fourth-order valence-electron chi connectivity index (χ4n) is 2.53. The molecule has 4 unspecified atom stereocenters. The van der Waals surface area contributed by atoms with Crippen LogP contribution in [-0.2, 0) is 19.0 Å². The van der Waals surface area contributed by atoms with Gasteiger partial charge in [0.15, 0.2) is 6.29 Å². The molecule has 1 saturated heterocycles. The number of hydrogen-bond donors (Lipinski definition) is 1. The summed E-state index contributed by atoms with van der Waals surface area (Å²) in [5.74, 6) is -0.174. The molecule has 0 radical (unpaired) electrons. The van der Waals surface area contributed by atoms with Crippen molar-refractivity contribution >= 4 is 15.2 Å². The van der Waals surface area contributed by atoms with Gasteiger partial charge >= 0.3 is 5.97 Å². The lowest BCUT2D eigenvalue weighted by Crippen LogP contribution is -2.57. The van der Waals surface area contributed by atoms with Gasteiger partial charge in [0.25, 0.3) is 0 Å². The first-order chi connectivity index (χ1) is 11.3. The van der Waals surface area contributed by atoms with Crippen LogP contribution in [-0.4, -0.2) is 49.9 Å². The van der Waals surface area contributed by atoms with Gasteiger partial charge in [-0.2, -0.15) is 0 Å². The normalized spacial score (nSPS) is 32.8. The zero-order chi connectivity index (χ0) is 18.3. The van der Waals surface area contributed by atoms with Crippen LogP contribution in [0, 0.1) is 11.8 Å². The van der Waals surface area contributed by atoms with Crippen LogP contribution in [0.25, 0.3) is 10.4 Å². The zero-order valence-electron chi connectivity index (χ0n) is 15.1. The predicted molar refractivity (Wildman–Crippen MR) is 89.7 cm³/mol. The van der Waals surface area contributed by atoms with Crippen molar-refractivity contribution in [2.24, 2.45) is 17.0 Å². The minimum absolute atomic E-state index is 0.0909. The van der Waals surface area contributed by atoms with Crippen LogP contribution in [0.2, 0.25) is 1.41 Å². The molecule has 0 spiro atoms. The molecule has 132 valence electrons. The highest BCUT2D eigenvalue weighted by Gasteiger charge is 2.42. The number of azide groups is 1. The van der Waals surface area contributed by atoms with Crippen LogP contribution in [0.1, 0.15) is 27.7 Å². The lowest BCUT2D eigenvalue weighted by Gasteiger charge is -2.44. The Kier molecular flexibility index (Phi) is 8.06. The van der Waals surface area contributed by atoms with E-state index in [1.165, 1.54) is 12.2 Å². The first-order valence-electron chi connectivity index (χ1n) is 8.16. The van der Waals surface area contributed by atoms with Crippen molar-refractivity contribution in [1.29, 1.82) is 0 Å². The van der Waals surface area contributed by atoms with E-state index >= 15 is 0 Å². The lowest BCUT2D eigenvalue weighted by atomic mass is 9.82. The molecule has 1 rings (SSSR count). The fourth-order valence-corrected chi connectivity index (χ4v) is 2.78. The van der Waals surface area contributed by atoms with Gasteiger partial charge in [0, 0.05) is 18.1 Å². The van der Waals surface area contributed by atoms with Gasteiger partial charge in [-0.05, 0) is 17.4 Å². The molecule has 7 atom stereocenters. The highest BCUT2D eigenvalue weighted by Crippen LogP contribution is 2.31. The number of carbonyl (C=O) groups is 1. The second-order valence-electron chi connectivity index (χ2n) is 5.81. The number of carbonyl (C=O) groups excluding carboxylic acids is 1. The summed E-state index contributed by atoms with van der Waals surface area (Å²) < 4.78 is 25.0. The minimum atomic E-state index is -0.661. The lowest BCUT2D eigenvalue weighted by molar-refractivity contribution is -0.244. The maximum absolute atomic E-state index is 11.1. The quantitative estimate of drug-likeness (QED) is 0.238. The number of nitrogens with one attached hydrogen (secondary N) is 1. The van der Waals surface area contributed by atoms with E-state index in [4.69, 9.17) is 21.2 Å². The molecular weight excluding hydrogens is 319 g/mol. The molecule has 0 saturated carbocycles. The fraction of sp³-hybridized carbons (Fsp3) is 0.929. The molecule has 23 heavy (non-hydrogen) atoms. The van der Waals surface area contributed by atoms with Crippen molar-refractivity contribution in [2.45, 2.75) is 52.2 Å². The summed E-state index contributed by atoms with van der Waals surface area (Å²) >= 11 is 0. The standard InChI is InChI=1S/C14H27N4O4P/c1-8(17-18-15)5-21-14-13(16-7-23)10(3)9(2)12(22-14)6-20-11(4)19/h8-10,12-14,16H,5-7,23H2,1-4H3/t8?,9-,10-,12?,13?,14+/m0/s1/i/hD. The van der Waals surface area contributed by atoms with Gasteiger partial charge in [0.05, 0.1) is 24.8 Å². The highest BCUT2D eigenvalue weighted by molar-refractivity contribution is 7.16. The van der Waals surface area contributed by atoms with Crippen molar-refractivity contribution in [3.63, 3.8) is 0 Å². The van der Waals surface area contributed by atoms with Crippen LogP contribution in [0.4, 0.5) is 0 Å². The molecule has 1 N–H and O–H groups in total. The average Bonchev–Trinajstić information content (AvgIpc) is 2.54. The van der Waals surface area contributed by atoms with Crippen molar-refractivity contribution in [3.05, 3.63) is 10.4 Å². The predicted octanol–water partition coefficient (Wildman–Crippen LogP) is 2.05. The smallest absolute Gasteiger partial charge is 0.302 e. The Labute approximate surface area is 140 Å². The van der Waals surface area contributed by atoms with Crippen LogP contribution in [0.3, 0.4) is 0 Å². The Balaban J connectivity index is 2.85. The molecule has 0 aromatic heterocycles. The summed E-state index contributed by atoms with van der Waals surface area (Å²) in [5, 5.41) is 4.99. The van der Waals surface area contributed by atoms with Crippen LogP contribution in [0.5, 0.6) is 0 Å². The Morgan fingerprint density at radius 1 is 1.57 bits per heavy atom. The van der Waals surface area contributed by atoms with Crippen LogP contribution in [0.15, 0.2) is 5.11 Å². The highest BCUT2D eigenvalue weighted by atomic mass is 31.0. The van der Waals surface area contributed by atoms with E-state index in [2.05, 4.69) is 19.3 Å². The second kappa shape index (κ2) is 10.1. The van der Waals surface area contributed by atoms with Gasteiger partial charge in [0.1, 0.15) is 8.02 Å². The topological polar surface area (TPSA) is 106 Å². The molecule has 1 heterocycles. The molecule has 0 amide bonds. The third-order valence-electron chi connectivity index (χ3n) is 4.06. The Bertz CT molecular complexity index is 466. The van der Waals surface area contributed by atoms with Crippen molar-refractivity contribution in [1.82, 2.24) is 5.31 Å². The summed E-state index contributed by atoms with van der Waals surface area (Å²) in [6.45, 7) is 7.49. The van der Waals surface area contributed by atoms with E-state index in [-0.39, 0.29) is 49.2 Å². The molecular formula is C14H27N4O4P. The summed E-state index contributed by atoms with van der Waals surface area (Å²) in [7, 11) is 2.51. The average molecular weight is 347 g/mol. The Morgan fingerprint density at radius 3 is 2.83 bits per heavy atom. The van der Waals surface area contributed by atoms with E-state index in [0.717, 1.165) is 0 Å². The first kappa shape index (κ1) is 18.4. The Morgan fingerprint density at radius 2 is 2.26 bits per heavy atom. The molecule has 1 fully saturated rings. The number of ether oxygens (including phenoxy) is 3. The maximum Gasteiger partial charge on any atom is 0.302 e. The van der Waals surface area contributed by atoms with Gasteiger partial charge in [-0.15, -0.1) is 9.24 Å². The molecule has 9 heteroatoms. The van der Waals surface area contributed by atoms with Crippen molar-refractivity contribution in [2.75, 3.05) is 19.5 Å². The number of hydrogen-bond acceptors (Lipinski definition) is 6. The number of esters is 1. The monoisotopic (exact) mass is 347 g/mol. The van der Waals surface area contributed by atoms with Gasteiger partial charge < -0.3 is 19.5 Å². The number of nitrogens with zero attached hydrogens (tertiary/aromatic N) is 3. The second-order valence-corrected chi connectivity index (χ2v) is 6.17. The summed E-state index contributed by atoms with van der Waals surface area (Å²) in [4.78, 5) is 13.8. The summed E-state index contributed by atoms with van der Waals surface area (Å²) in [5.41, 5.74) is 8.47. The van der Waals surface area contributed by atoms with Crippen molar-refractivity contribution in [3.8, 4) is 0 Å². The van der Waals surface area contributed by atoms with Gasteiger partial charge in [-0.1, -0.05) is 25.9 Å². The molecule has 0 aliphatic carbocycles. The molecule has 8 nitrogen and oxygen atoms in total. The third kappa shape index (κ3) is 6.24. The van der Waals surface area contributed by atoms with E-state index in [1.54, 1.807) is 6.92 Å². The first-order valence-corrected chi connectivity index (χ1v) is 8.53. The number of rotatable bonds is 8. The molecule has 0 aromatic rings. The van der Waals surface area contributed by atoms with E-state index < -0.39 is 6.29 Å². The zero-order valence-corrected chi connectivity index (χ0v) is 15.2. The maximum atomic E-state index is 11.1. The van der Waals surface area contributed by atoms with E-state index in [1.807, 2.05) is 13.8 Å².